The van der Waals surface area contributed by atoms with Crippen molar-refractivity contribution in [2.75, 3.05) is 6.54 Å². The molecule has 0 saturated carbocycles. The quantitative estimate of drug-likeness (QED) is 0.752. The zero-order valence-electron chi connectivity index (χ0n) is 10.2. The Morgan fingerprint density at radius 3 is 2.00 bits per heavy atom. The van der Waals surface area contributed by atoms with Crippen LogP contribution in [0.4, 0.5) is 0 Å². The van der Waals surface area contributed by atoms with Gasteiger partial charge in [-0.3, -0.25) is 0 Å². The van der Waals surface area contributed by atoms with E-state index in [0.29, 0.717) is 6.54 Å². The molecule has 0 heterocycles. The molecule has 0 atom stereocenters. The highest BCUT2D eigenvalue weighted by Crippen LogP contribution is 2.15. The summed E-state index contributed by atoms with van der Waals surface area (Å²) >= 11 is 0. The average Bonchev–Trinajstić information content (AvgIpc) is 2.13. The molecule has 0 amide bonds. The fourth-order valence-corrected chi connectivity index (χ4v) is 1.45. The summed E-state index contributed by atoms with van der Waals surface area (Å²) in [6, 6.07) is 0. The van der Waals surface area contributed by atoms with Crippen LogP contribution in [0.5, 0.6) is 0 Å². The van der Waals surface area contributed by atoms with Gasteiger partial charge in [0, 0.05) is 6.54 Å². The minimum atomic E-state index is -0.303. The molecule has 4 heteroatoms. The first-order valence-electron chi connectivity index (χ1n) is 5.35. The van der Waals surface area contributed by atoms with Crippen molar-refractivity contribution in [3.63, 3.8) is 0 Å². The maximum absolute atomic E-state index is 6.16. The summed E-state index contributed by atoms with van der Waals surface area (Å²) in [4.78, 5) is 0. The van der Waals surface area contributed by atoms with Gasteiger partial charge in [-0.05, 0) is 18.9 Å². The van der Waals surface area contributed by atoms with E-state index in [-0.39, 0.29) is 30.4 Å². The maximum atomic E-state index is 6.16. The lowest BCUT2D eigenvalue weighted by molar-refractivity contribution is 0.456. The van der Waals surface area contributed by atoms with Crippen LogP contribution < -0.4 is 11.5 Å². The lowest BCUT2D eigenvalue weighted by Crippen LogP contribution is -2.37. The van der Waals surface area contributed by atoms with Crippen molar-refractivity contribution < 1.29 is 0 Å². The molecule has 0 aromatic rings. The summed E-state index contributed by atoms with van der Waals surface area (Å²) < 4.78 is 0. The number of halogens is 2. The minimum Gasteiger partial charge on any atom is -0.327 e. The van der Waals surface area contributed by atoms with Crippen molar-refractivity contribution in [2.24, 2.45) is 11.5 Å². The van der Waals surface area contributed by atoms with Crippen LogP contribution in [-0.4, -0.2) is 12.1 Å². The molecule has 0 spiro atoms. The molecule has 4 N–H and O–H groups in total. The molecule has 0 rings (SSSR count). The van der Waals surface area contributed by atoms with Crippen molar-refractivity contribution in [3.05, 3.63) is 12.2 Å². The molecule has 0 aromatic heterocycles. The van der Waals surface area contributed by atoms with Crippen LogP contribution >= 0.6 is 24.8 Å². The van der Waals surface area contributed by atoms with Gasteiger partial charge in [0.15, 0.2) is 0 Å². The molecule has 0 aliphatic rings. The summed E-state index contributed by atoms with van der Waals surface area (Å²) in [5.41, 5.74) is 11.2. The Bertz CT molecular complexity index is 223. The van der Waals surface area contributed by atoms with Crippen LogP contribution in [0.25, 0.3) is 0 Å². The van der Waals surface area contributed by atoms with Crippen molar-refractivity contribution >= 4 is 24.8 Å². The van der Waals surface area contributed by atoms with Crippen molar-refractivity contribution in [1.29, 1.82) is 0 Å². The maximum Gasteiger partial charge on any atom is 0.0779 e. The number of rotatable bonds is 5. The predicted octanol–water partition coefficient (Wildman–Crippen LogP) is 2.65. The molecule has 0 aliphatic carbocycles. The largest absolute Gasteiger partial charge is 0.327 e. The van der Waals surface area contributed by atoms with Gasteiger partial charge in [-0.25, -0.2) is 0 Å². The fourth-order valence-electron chi connectivity index (χ4n) is 1.45. The van der Waals surface area contributed by atoms with Crippen LogP contribution in [0.15, 0.2) is 12.2 Å². The van der Waals surface area contributed by atoms with Gasteiger partial charge in [-0.2, -0.15) is 0 Å². The van der Waals surface area contributed by atoms with Gasteiger partial charge < -0.3 is 11.5 Å². The summed E-state index contributed by atoms with van der Waals surface area (Å²) in [5, 5.41) is 0. The first-order chi connectivity index (χ1) is 6.68. The summed E-state index contributed by atoms with van der Waals surface area (Å²) in [6.07, 6.45) is 7.70. The molecule has 0 radical (unpaired) electrons. The Labute approximate surface area is 112 Å². The first-order valence-corrected chi connectivity index (χ1v) is 5.35. The zero-order chi connectivity index (χ0) is 10.9. The van der Waals surface area contributed by atoms with E-state index in [1.54, 1.807) is 6.08 Å². The Morgan fingerprint density at radius 2 is 1.62 bits per heavy atom. The van der Waals surface area contributed by atoms with Crippen molar-refractivity contribution in [1.82, 2.24) is 0 Å². The van der Waals surface area contributed by atoms with Gasteiger partial charge in [0.25, 0.3) is 0 Å². The molecule has 0 aromatic carbocycles. The predicted molar refractivity (Wildman–Crippen MR) is 77.2 cm³/mol. The highest BCUT2D eigenvalue weighted by molar-refractivity contribution is 5.85. The van der Waals surface area contributed by atoms with Gasteiger partial charge in [0.05, 0.1) is 5.54 Å². The van der Waals surface area contributed by atoms with E-state index in [1.807, 2.05) is 6.08 Å². The number of nitrogens with two attached hydrogens (primary N) is 2. The Hall–Kier alpha value is -0.200. The van der Waals surface area contributed by atoms with Gasteiger partial charge in [0.1, 0.15) is 0 Å². The van der Waals surface area contributed by atoms with E-state index in [1.165, 1.54) is 0 Å². The van der Waals surface area contributed by atoms with Gasteiger partial charge in [-0.15, -0.1) is 24.8 Å². The Morgan fingerprint density at radius 1 is 1.12 bits per heavy atom. The van der Waals surface area contributed by atoms with Crippen LogP contribution in [0.3, 0.4) is 0 Å². The lowest BCUT2D eigenvalue weighted by atomic mass is 9.90. The fraction of sp³-hybridized carbons (Fsp3) is 0.667. The number of hydrogen-bond acceptors (Lipinski definition) is 2. The van der Waals surface area contributed by atoms with E-state index < -0.39 is 0 Å². The van der Waals surface area contributed by atoms with E-state index in [9.17, 15) is 0 Å². The second-order valence-corrected chi connectivity index (χ2v) is 3.56. The highest BCUT2D eigenvalue weighted by Gasteiger charge is 2.18. The monoisotopic (exact) mass is 266 g/mol. The third-order valence-electron chi connectivity index (χ3n) is 2.05. The highest BCUT2D eigenvalue weighted by atomic mass is 35.5. The van der Waals surface area contributed by atoms with Gasteiger partial charge in [0.2, 0.25) is 0 Å². The molecule has 96 valence electrons. The van der Waals surface area contributed by atoms with Crippen LogP contribution in [0.1, 0.15) is 39.5 Å². The minimum absolute atomic E-state index is 0. The van der Waals surface area contributed by atoms with E-state index in [2.05, 4.69) is 25.7 Å². The van der Waals surface area contributed by atoms with Crippen LogP contribution in [-0.2, 0) is 0 Å². The normalized spacial score (nSPS) is 10.0. The standard InChI is InChI=1S/C12H22N2.2ClH/c1-3-8-12(14,9-4-2)10-6-5-7-11-13;;/h5,7H,3-4,8-9,11,13-14H2,1-2H3;2*1H. The first kappa shape index (κ1) is 21.1. The second-order valence-electron chi connectivity index (χ2n) is 3.56. The molecule has 0 aliphatic heterocycles. The van der Waals surface area contributed by atoms with Crippen molar-refractivity contribution in [2.45, 2.75) is 45.1 Å². The molecule has 0 saturated heterocycles. The Kier molecular flexibility index (Phi) is 17.0. The third kappa shape index (κ3) is 10.3. The van der Waals surface area contributed by atoms with E-state index >= 15 is 0 Å². The molecule has 0 bridgehead atoms. The Balaban J connectivity index is -0.000000845. The number of allylic oxidation sites excluding steroid dienone is 1. The average molecular weight is 267 g/mol. The zero-order valence-corrected chi connectivity index (χ0v) is 11.8. The van der Waals surface area contributed by atoms with Gasteiger partial charge >= 0.3 is 0 Å². The van der Waals surface area contributed by atoms with Crippen LogP contribution in [0, 0.1) is 11.8 Å². The lowest BCUT2D eigenvalue weighted by Gasteiger charge is -2.21. The second kappa shape index (κ2) is 12.9. The molecule has 16 heavy (non-hydrogen) atoms. The number of hydrogen-bond donors (Lipinski definition) is 2. The summed E-state index contributed by atoms with van der Waals surface area (Å²) in [7, 11) is 0. The molecule has 0 fully saturated rings. The molecular formula is C12H24Cl2N2. The third-order valence-corrected chi connectivity index (χ3v) is 2.05. The summed E-state index contributed by atoms with van der Waals surface area (Å²) in [6.45, 7) is 4.80. The topological polar surface area (TPSA) is 52.0 Å². The summed E-state index contributed by atoms with van der Waals surface area (Å²) in [5.74, 6) is 6.08. The molecule has 0 unspecified atom stereocenters. The molecular weight excluding hydrogens is 243 g/mol. The SMILES string of the molecule is CCCC(N)(C#CC=CCN)CCC.Cl.Cl. The van der Waals surface area contributed by atoms with Crippen molar-refractivity contribution in [3.8, 4) is 11.8 Å². The van der Waals surface area contributed by atoms with Gasteiger partial charge in [-0.1, -0.05) is 44.6 Å². The van der Waals surface area contributed by atoms with E-state index in [4.69, 9.17) is 11.5 Å². The smallest absolute Gasteiger partial charge is 0.0779 e. The molecule has 2 nitrogen and oxygen atoms in total. The van der Waals surface area contributed by atoms with E-state index in [0.717, 1.165) is 25.7 Å². The van der Waals surface area contributed by atoms with Crippen LogP contribution in [0.2, 0.25) is 0 Å².